The van der Waals surface area contributed by atoms with Crippen molar-refractivity contribution in [3.63, 3.8) is 0 Å². The van der Waals surface area contributed by atoms with Crippen molar-refractivity contribution in [2.75, 3.05) is 31.1 Å². The predicted molar refractivity (Wildman–Crippen MR) is 120 cm³/mol. The number of hydrogen-bond acceptors (Lipinski definition) is 5. The van der Waals surface area contributed by atoms with Gasteiger partial charge in [-0.3, -0.25) is 18.8 Å². The average molecular weight is 421 g/mol. The molecule has 0 bridgehead atoms. The van der Waals surface area contributed by atoms with Crippen molar-refractivity contribution < 1.29 is 4.79 Å². The molecule has 5 rings (SSSR count). The first kappa shape index (κ1) is 19.8. The number of nitrogens with zero attached hydrogens (tertiary/aromatic N) is 6. The van der Waals surface area contributed by atoms with Crippen molar-refractivity contribution in [3.8, 4) is 0 Å². The number of piperazine rings is 1. The summed E-state index contributed by atoms with van der Waals surface area (Å²) in [6.45, 7) is 4.68. The number of amides is 1. The van der Waals surface area contributed by atoms with Gasteiger partial charge < -0.3 is 9.80 Å². The van der Waals surface area contributed by atoms with E-state index in [-0.39, 0.29) is 17.5 Å². The van der Waals surface area contributed by atoms with Crippen LogP contribution >= 0.6 is 0 Å². The highest BCUT2D eigenvalue weighted by Crippen LogP contribution is 2.28. The Labute approximate surface area is 181 Å². The average Bonchev–Trinajstić information content (AvgIpc) is 3.43. The summed E-state index contributed by atoms with van der Waals surface area (Å²) in [4.78, 5) is 34.5. The Morgan fingerprint density at radius 1 is 1.06 bits per heavy atom. The lowest BCUT2D eigenvalue weighted by atomic mass is 10.1. The smallest absolute Gasteiger partial charge is 0.272 e. The van der Waals surface area contributed by atoms with E-state index in [0.29, 0.717) is 24.2 Å². The molecular formula is C23H28N6O2. The minimum absolute atomic E-state index is 0.0235. The molecule has 2 fully saturated rings. The number of carbonyl (C=O) groups is 1. The highest BCUT2D eigenvalue weighted by Gasteiger charge is 2.25. The van der Waals surface area contributed by atoms with Gasteiger partial charge in [-0.1, -0.05) is 12.8 Å². The van der Waals surface area contributed by atoms with Crippen LogP contribution in [0.3, 0.4) is 0 Å². The number of aromatic nitrogens is 4. The molecule has 0 radical (unpaired) electrons. The molecule has 1 amide bonds. The zero-order chi connectivity index (χ0) is 21.5. The Bertz CT molecular complexity index is 1180. The number of anilines is 1. The number of carbonyl (C=O) groups excluding carboxylic acids is 1. The molecule has 3 heterocycles. The number of aryl methyl sites for hydroxylation is 2. The van der Waals surface area contributed by atoms with Gasteiger partial charge in [0, 0.05) is 45.0 Å². The van der Waals surface area contributed by atoms with Crippen LogP contribution in [0.15, 0.2) is 35.4 Å². The molecule has 162 valence electrons. The molecule has 1 aliphatic heterocycles. The maximum atomic E-state index is 12.9. The van der Waals surface area contributed by atoms with Gasteiger partial charge in [-0.05, 0) is 44.0 Å². The molecule has 0 N–H and O–H groups in total. The summed E-state index contributed by atoms with van der Waals surface area (Å²) in [5, 5.41) is 4.96. The summed E-state index contributed by atoms with van der Waals surface area (Å²) in [5.41, 5.74) is 3.31. The summed E-state index contributed by atoms with van der Waals surface area (Å²) in [5.74, 6) is 0.0235. The van der Waals surface area contributed by atoms with Crippen molar-refractivity contribution in [1.82, 2.24) is 24.2 Å². The molecule has 1 aliphatic carbocycles. The van der Waals surface area contributed by atoms with Crippen molar-refractivity contribution in [2.45, 2.75) is 38.6 Å². The summed E-state index contributed by atoms with van der Waals surface area (Å²) < 4.78 is 3.47. The lowest BCUT2D eigenvalue weighted by Gasteiger charge is -2.36. The van der Waals surface area contributed by atoms with Crippen LogP contribution in [0.2, 0.25) is 0 Å². The van der Waals surface area contributed by atoms with Crippen LogP contribution in [-0.2, 0) is 7.05 Å². The van der Waals surface area contributed by atoms with Crippen molar-refractivity contribution >= 4 is 22.5 Å². The zero-order valence-electron chi connectivity index (χ0n) is 18.1. The van der Waals surface area contributed by atoms with E-state index in [1.165, 1.54) is 12.8 Å². The summed E-state index contributed by atoms with van der Waals surface area (Å²) in [7, 11) is 1.80. The molecule has 1 aromatic carbocycles. The summed E-state index contributed by atoms with van der Waals surface area (Å²) >= 11 is 0. The van der Waals surface area contributed by atoms with Gasteiger partial charge >= 0.3 is 0 Å². The van der Waals surface area contributed by atoms with E-state index in [9.17, 15) is 9.59 Å². The van der Waals surface area contributed by atoms with Gasteiger partial charge in [-0.25, -0.2) is 4.98 Å². The Morgan fingerprint density at radius 3 is 2.48 bits per heavy atom. The molecule has 0 unspecified atom stereocenters. The highest BCUT2D eigenvalue weighted by atomic mass is 16.2. The Hall–Kier alpha value is -3.16. The van der Waals surface area contributed by atoms with Gasteiger partial charge in [0.25, 0.3) is 11.5 Å². The standard InChI is InChI=1S/C23H28N6O2/c1-16-13-21(26(2)25-16)23(31)28-11-9-27(10-12-28)18-7-8-19-20(14-18)24-15-29(22(19)30)17-5-3-4-6-17/h7-8,13-15,17H,3-6,9-12H2,1-2H3. The second-order valence-electron chi connectivity index (χ2n) is 8.67. The summed E-state index contributed by atoms with van der Waals surface area (Å²) in [6, 6.07) is 8.03. The monoisotopic (exact) mass is 420 g/mol. The predicted octanol–water partition coefficient (Wildman–Crippen LogP) is 2.52. The molecule has 2 aromatic heterocycles. The summed E-state index contributed by atoms with van der Waals surface area (Å²) in [6.07, 6.45) is 6.21. The Kier molecular flexibility index (Phi) is 5.00. The maximum absolute atomic E-state index is 12.9. The fraction of sp³-hybridized carbons (Fsp3) is 0.478. The van der Waals surface area contributed by atoms with Crippen LogP contribution < -0.4 is 10.5 Å². The minimum Gasteiger partial charge on any atom is -0.368 e. The first-order chi connectivity index (χ1) is 15.0. The molecule has 8 nitrogen and oxygen atoms in total. The first-order valence-corrected chi connectivity index (χ1v) is 11.1. The van der Waals surface area contributed by atoms with E-state index in [1.54, 1.807) is 18.1 Å². The number of benzene rings is 1. The number of fused-ring (bicyclic) bond motifs is 1. The molecule has 1 saturated carbocycles. The molecule has 31 heavy (non-hydrogen) atoms. The van der Waals surface area contributed by atoms with Gasteiger partial charge in [0.1, 0.15) is 5.69 Å². The molecule has 2 aliphatic rings. The largest absolute Gasteiger partial charge is 0.368 e. The number of rotatable bonds is 3. The van der Waals surface area contributed by atoms with Crippen LogP contribution in [0.1, 0.15) is 47.9 Å². The van der Waals surface area contributed by atoms with E-state index in [1.807, 2.05) is 40.7 Å². The molecule has 3 aromatic rings. The topological polar surface area (TPSA) is 76.3 Å². The molecule has 0 atom stereocenters. The van der Waals surface area contributed by atoms with Gasteiger partial charge in [-0.2, -0.15) is 5.10 Å². The lowest BCUT2D eigenvalue weighted by molar-refractivity contribution is 0.0735. The Morgan fingerprint density at radius 2 is 1.81 bits per heavy atom. The third-order valence-corrected chi connectivity index (χ3v) is 6.64. The van der Waals surface area contributed by atoms with Crippen LogP contribution in [-0.4, -0.2) is 56.3 Å². The van der Waals surface area contributed by atoms with Gasteiger partial charge in [0.2, 0.25) is 0 Å². The van der Waals surface area contributed by atoms with E-state index in [0.717, 1.165) is 42.8 Å². The minimum atomic E-state index is 0.0235. The second kappa shape index (κ2) is 7.83. The van der Waals surface area contributed by atoms with Crippen LogP contribution in [0.25, 0.3) is 10.9 Å². The molecule has 1 saturated heterocycles. The highest BCUT2D eigenvalue weighted by molar-refractivity contribution is 5.93. The SMILES string of the molecule is Cc1cc(C(=O)N2CCN(c3ccc4c(=O)n(C5CCCC5)cnc4c3)CC2)n(C)n1. The van der Waals surface area contributed by atoms with Crippen molar-refractivity contribution in [2.24, 2.45) is 7.05 Å². The third kappa shape index (κ3) is 3.60. The zero-order valence-corrected chi connectivity index (χ0v) is 18.1. The second-order valence-corrected chi connectivity index (χ2v) is 8.67. The first-order valence-electron chi connectivity index (χ1n) is 11.1. The molecule has 0 spiro atoms. The van der Waals surface area contributed by atoms with Gasteiger partial charge in [0.05, 0.1) is 22.9 Å². The molecule has 8 heteroatoms. The van der Waals surface area contributed by atoms with E-state index >= 15 is 0 Å². The fourth-order valence-electron chi connectivity index (χ4n) is 4.90. The fourth-order valence-corrected chi connectivity index (χ4v) is 4.90. The molecular weight excluding hydrogens is 392 g/mol. The van der Waals surface area contributed by atoms with E-state index in [2.05, 4.69) is 15.0 Å². The van der Waals surface area contributed by atoms with Crippen molar-refractivity contribution in [3.05, 3.63) is 52.3 Å². The van der Waals surface area contributed by atoms with E-state index < -0.39 is 0 Å². The van der Waals surface area contributed by atoms with Crippen LogP contribution in [0.5, 0.6) is 0 Å². The van der Waals surface area contributed by atoms with Crippen molar-refractivity contribution in [1.29, 1.82) is 0 Å². The quantitative estimate of drug-likeness (QED) is 0.651. The van der Waals surface area contributed by atoms with Gasteiger partial charge in [0.15, 0.2) is 0 Å². The van der Waals surface area contributed by atoms with E-state index in [4.69, 9.17) is 0 Å². The van der Waals surface area contributed by atoms with Crippen LogP contribution in [0, 0.1) is 6.92 Å². The van der Waals surface area contributed by atoms with Crippen LogP contribution in [0.4, 0.5) is 5.69 Å². The third-order valence-electron chi connectivity index (χ3n) is 6.64. The number of hydrogen-bond donors (Lipinski definition) is 0. The van der Waals surface area contributed by atoms with Gasteiger partial charge in [-0.15, -0.1) is 0 Å². The maximum Gasteiger partial charge on any atom is 0.272 e. The Balaban J connectivity index is 1.31. The normalized spacial score (nSPS) is 17.6. The lowest BCUT2D eigenvalue weighted by Crippen LogP contribution is -2.49.